The molecule has 0 unspecified atom stereocenters. The summed E-state index contributed by atoms with van der Waals surface area (Å²) in [5.74, 6) is -4.55. The summed E-state index contributed by atoms with van der Waals surface area (Å²) in [6.07, 6.45) is 0. The van der Waals surface area contributed by atoms with Gasteiger partial charge in [-0.25, -0.2) is 13.2 Å². The number of nitrogens with two attached hydrogens (primary N) is 1. The second-order valence-electron chi connectivity index (χ2n) is 4.23. The highest BCUT2D eigenvalue weighted by Crippen LogP contribution is 2.28. The summed E-state index contributed by atoms with van der Waals surface area (Å²) in [5.41, 5.74) is 5.10. The third-order valence-electron chi connectivity index (χ3n) is 2.84. The van der Waals surface area contributed by atoms with Crippen LogP contribution in [0, 0.1) is 17.5 Å². The zero-order valence-corrected chi connectivity index (χ0v) is 11.1. The van der Waals surface area contributed by atoms with Crippen LogP contribution in [0.4, 0.5) is 18.9 Å². The van der Waals surface area contributed by atoms with E-state index in [0.717, 1.165) is 0 Å². The topological polar surface area (TPSA) is 52.3 Å². The van der Waals surface area contributed by atoms with E-state index in [2.05, 4.69) is 0 Å². The number of benzene rings is 2. The van der Waals surface area contributed by atoms with Crippen molar-refractivity contribution in [3.8, 4) is 5.75 Å². The zero-order valence-electron chi connectivity index (χ0n) is 11.1. The number of anilines is 1. The van der Waals surface area contributed by atoms with Gasteiger partial charge in [-0.3, -0.25) is 4.79 Å². The predicted molar refractivity (Wildman–Crippen MR) is 71.8 cm³/mol. The van der Waals surface area contributed by atoms with Crippen molar-refractivity contribution in [3.05, 3.63) is 58.9 Å². The monoisotopic (exact) mass is 295 g/mol. The second-order valence-corrected chi connectivity index (χ2v) is 4.23. The predicted octanol–water partition coefficient (Wildman–Crippen LogP) is 3.32. The quantitative estimate of drug-likeness (QED) is 0.535. The molecular weight excluding hydrogens is 283 g/mol. The van der Waals surface area contributed by atoms with Crippen LogP contribution in [0.3, 0.4) is 0 Å². The summed E-state index contributed by atoms with van der Waals surface area (Å²) in [7, 11) is 0. The Balaban J connectivity index is 2.57. The van der Waals surface area contributed by atoms with E-state index in [4.69, 9.17) is 10.5 Å². The van der Waals surface area contributed by atoms with Crippen LogP contribution in [-0.2, 0) is 0 Å². The molecule has 0 saturated heterocycles. The van der Waals surface area contributed by atoms with Gasteiger partial charge in [0.15, 0.2) is 11.6 Å². The van der Waals surface area contributed by atoms with Gasteiger partial charge in [0, 0.05) is 11.8 Å². The number of carbonyl (C=O) groups excluding carboxylic acids is 1. The first-order chi connectivity index (χ1) is 9.95. The maximum Gasteiger partial charge on any atom is 0.201 e. The lowest BCUT2D eigenvalue weighted by Crippen LogP contribution is -2.11. The number of halogens is 3. The molecule has 0 radical (unpaired) electrons. The number of hydrogen-bond donors (Lipinski definition) is 1. The number of ether oxygens (including phenoxy) is 1. The van der Waals surface area contributed by atoms with Crippen LogP contribution in [0.1, 0.15) is 22.8 Å². The standard InChI is InChI=1S/C15H12F3NO2/c1-2-21-13-5-3-4-12(19)14(13)15(20)8-6-10(17)11(18)7-9(8)16/h3-7H,2,19H2,1H3. The molecule has 0 atom stereocenters. The van der Waals surface area contributed by atoms with Crippen molar-refractivity contribution in [1.29, 1.82) is 0 Å². The molecule has 0 aliphatic heterocycles. The lowest BCUT2D eigenvalue weighted by Gasteiger charge is -2.12. The highest BCUT2D eigenvalue weighted by molar-refractivity contribution is 6.14. The molecule has 2 aromatic rings. The van der Waals surface area contributed by atoms with Crippen molar-refractivity contribution < 1.29 is 22.7 Å². The maximum absolute atomic E-state index is 13.7. The SMILES string of the molecule is CCOc1cccc(N)c1C(=O)c1cc(F)c(F)cc1F. The Labute approximate surface area is 119 Å². The molecule has 0 aliphatic carbocycles. The molecule has 0 amide bonds. The molecule has 2 N–H and O–H groups in total. The minimum atomic E-state index is -1.37. The van der Waals surface area contributed by atoms with E-state index < -0.39 is 28.8 Å². The summed E-state index contributed by atoms with van der Waals surface area (Å²) in [5, 5.41) is 0. The van der Waals surface area contributed by atoms with Crippen LogP contribution in [0.5, 0.6) is 5.75 Å². The van der Waals surface area contributed by atoms with Crippen molar-refractivity contribution in [3.63, 3.8) is 0 Å². The Morgan fingerprint density at radius 1 is 1.14 bits per heavy atom. The Morgan fingerprint density at radius 2 is 1.81 bits per heavy atom. The van der Waals surface area contributed by atoms with E-state index in [9.17, 15) is 18.0 Å². The highest BCUT2D eigenvalue weighted by Gasteiger charge is 2.22. The van der Waals surface area contributed by atoms with E-state index in [1.54, 1.807) is 13.0 Å². The van der Waals surface area contributed by atoms with Crippen LogP contribution < -0.4 is 10.5 Å². The first-order valence-electron chi connectivity index (χ1n) is 6.16. The van der Waals surface area contributed by atoms with Gasteiger partial charge in [-0.2, -0.15) is 0 Å². The minimum Gasteiger partial charge on any atom is -0.493 e. The average molecular weight is 295 g/mol. The van der Waals surface area contributed by atoms with Gasteiger partial charge in [0.05, 0.1) is 17.7 Å². The van der Waals surface area contributed by atoms with Crippen molar-refractivity contribution >= 4 is 11.5 Å². The first-order valence-corrected chi connectivity index (χ1v) is 6.16. The molecule has 21 heavy (non-hydrogen) atoms. The Kier molecular flexibility index (Phi) is 4.16. The van der Waals surface area contributed by atoms with Crippen molar-refractivity contribution in [1.82, 2.24) is 0 Å². The first kappa shape index (κ1) is 14.9. The van der Waals surface area contributed by atoms with E-state index in [-0.39, 0.29) is 23.6 Å². The maximum atomic E-state index is 13.7. The smallest absolute Gasteiger partial charge is 0.201 e. The largest absolute Gasteiger partial charge is 0.493 e. The molecule has 2 rings (SSSR count). The van der Waals surface area contributed by atoms with Crippen LogP contribution in [0.15, 0.2) is 30.3 Å². The number of nitrogen functional groups attached to an aromatic ring is 1. The summed E-state index contributed by atoms with van der Waals surface area (Å²) < 4.78 is 45.1. The summed E-state index contributed by atoms with van der Waals surface area (Å²) in [4.78, 5) is 12.4. The molecule has 2 aromatic carbocycles. The minimum absolute atomic E-state index is 0.0649. The van der Waals surface area contributed by atoms with Gasteiger partial charge >= 0.3 is 0 Å². The molecule has 0 aliphatic rings. The van der Waals surface area contributed by atoms with Gasteiger partial charge in [-0.05, 0) is 25.1 Å². The van der Waals surface area contributed by atoms with Crippen LogP contribution in [-0.4, -0.2) is 12.4 Å². The summed E-state index contributed by atoms with van der Waals surface area (Å²) in [6.45, 7) is 1.97. The fourth-order valence-electron chi connectivity index (χ4n) is 1.90. The number of carbonyl (C=O) groups is 1. The second kappa shape index (κ2) is 5.87. The van der Waals surface area contributed by atoms with Gasteiger partial charge in [0.2, 0.25) is 5.78 Å². The van der Waals surface area contributed by atoms with Gasteiger partial charge in [-0.15, -0.1) is 0 Å². The lowest BCUT2D eigenvalue weighted by molar-refractivity contribution is 0.103. The van der Waals surface area contributed by atoms with Gasteiger partial charge in [0.1, 0.15) is 11.6 Å². The Bertz CT molecular complexity index is 702. The van der Waals surface area contributed by atoms with Crippen molar-refractivity contribution in [2.45, 2.75) is 6.92 Å². The van der Waals surface area contributed by atoms with Gasteiger partial charge in [-0.1, -0.05) is 6.07 Å². The highest BCUT2D eigenvalue weighted by atomic mass is 19.2. The lowest BCUT2D eigenvalue weighted by atomic mass is 10.00. The van der Waals surface area contributed by atoms with E-state index >= 15 is 0 Å². The Morgan fingerprint density at radius 3 is 2.48 bits per heavy atom. The van der Waals surface area contributed by atoms with Crippen LogP contribution >= 0.6 is 0 Å². The summed E-state index contributed by atoms with van der Waals surface area (Å²) in [6, 6.07) is 5.33. The van der Waals surface area contributed by atoms with Gasteiger partial charge in [0.25, 0.3) is 0 Å². The molecule has 0 heterocycles. The van der Waals surface area contributed by atoms with E-state index in [0.29, 0.717) is 12.1 Å². The Hall–Kier alpha value is -2.50. The molecule has 110 valence electrons. The zero-order chi connectivity index (χ0) is 15.6. The molecule has 3 nitrogen and oxygen atoms in total. The number of rotatable bonds is 4. The fourth-order valence-corrected chi connectivity index (χ4v) is 1.90. The third-order valence-corrected chi connectivity index (χ3v) is 2.84. The van der Waals surface area contributed by atoms with Gasteiger partial charge < -0.3 is 10.5 Å². The van der Waals surface area contributed by atoms with Crippen molar-refractivity contribution in [2.75, 3.05) is 12.3 Å². The number of ketones is 1. The van der Waals surface area contributed by atoms with Crippen LogP contribution in [0.25, 0.3) is 0 Å². The van der Waals surface area contributed by atoms with E-state index in [1.165, 1.54) is 12.1 Å². The van der Waals surface area contributed by atoms with Crippen LogP contribution in [0.2, 0.25) is 0 Å². The molecule has 0 aromatic heterocycles. The molecule has 6 heteroatoms. The molecular formula is C15H12F3NO2. The fraction of sp³-hybridized carbons (Fsp3) is 0.133. The molecule has 0 saturated carbocycles. The average Bonchev–Trinajstić information content (AvgIpc) is 2.43. The molecule has 0 bridgehead atoms. The normalized spacial score (nSPS) is 10.5. The van der Waals surface area contributed by atoms with Crippen molar-refractivity contribution in [2.24, 2.45) is 0 Å². The van der Waals surface area contributed by atoms with E-state index in [1.807, 2.05) is 0 Å². The molecule has 0 fully saturated rings. The number of hydrogen-bond acceptors (Lipinski definition) is 3. The molecule has 0 spiro atoms. The third kappa shape index (κ3) is 2.84. The summed E-state index contributed by atoms with van der Waals surface area (Å²) >= 11 is 0.